The van der Waals surface area contributed by atoms with E-state index < -0.39 is 6.10 Å². The van der Waals surface area contributed by atoms with Crippen LogP contribution in [0.25, 0.3) is 0 Å². The zero-order valence-electron chi connectivity index (χ0n) is 7.71. The fourth-order valence-corrected chi connectivity index (χ4v) is 0.931. The number of hydrogen-bond acceptors (Lipinski definition) is 2. The van der Waals surface area contributed by atoms with Gasteiger partial charge in [0.15, 0.2) is 0 Å². The molecule has 70 valence electrons. The molecule has 3 heteroatoms. The minimum Gasteiger partial charge on any atom is -0.391 e. The second kappa shape index (κ2) is 3.90. The average Bonchev–Trinajstić information content (AvgIpc) is 2.81. The summed E-state index contributed by atoms with van der Waals surface area (Å²) in [5.74, 6) is 0.559. The van der Waals surface area contributed by atoms with Crippen molar-refractivity contribution in [2.24, 2.45) is 11.8 Å². The fraction of sp³-hybridized carbons (Fsp3) is 0.889. The lowest BCUT2D eigenvalue weighted by Crippen LogP contribution is -2.35. The van der Waals surface area contributed by atoms with Gasteiger partial charge in [0.1, 0.15) is 0 Å². The first-order chi connectivity index (χ1) is 5.61. The van der Waals surface area contributed by atoms with Crippen LogP contribution in [-0.2, 0) is 4.79 Å². The molecule has 0 bridgehead atoms. The Labute approximate surface area is 73.2 Å². The van der Waals surface area contributed by atoms with Crippen molar-refractivity contribution in [1.82, 2.24) is 5.32 Å². The molecule has 1 fully saturated rings. The van der Waals surface area contributed by atoms with Crippen LogP contribution in [0.2, 0.25) is 0 Å². The number of aliphatic hydroxyl groups is 1. The van der Waals surface area contributed by atoms with Crippen LogP contribution < -0.4 is 5.32 Å². The third-order valence-electron chi connectivity index (χ3n) is 2.20. The number of nitrogens with one attached hydrogen (secondary N) is 1. The van der Waals surface area contributed by atoms with Crippen molar-refractivity contribution in [3.8, 4) is 0 Å². The minimum absolute atomic E-state index is 0.106. The van der Waals surface area contributed by atoms with Crippen LogP contribution >= 0.6 is 0 Å². The van der Waals surface area contributed by atoms with Crippen LogP contribution in [0.4, 0.5) is 0 Å². The van der Waals surface area contributed by atoms with E-state index in [1.807, 2.05) is 13.8 Å². The number of amides is 1. The van der Waals surface area contributed by atoms with Gasteiger partial charge in [-0.05, 0) is 18.8 Å². The molecule has 1 amide bonds. The molecule has 1 aliphatic carbocycles. The summed E-state index contributed by atoms with van der Waals surface area (Å²) in [4.78, 5) is 11.1. The normalized spacial score (nSPS) is 19.3. The Morgan fingerprint density at radius 3 is 2.58 bits per heavy atom. The second-order valence-electron chi connectivity index (χ2n) is 3.83. The predicted molar refractivity (Wildman–Crippen MR) is 46.6 cm³/mol. The largest absolute Gasteiger partial charge is 0.391 e. The maximum Gasteiger partial charge on any atom is 0.223 e. The molecule has 0 heterocycles. The lowest BCUT2D eigenvalue weighted by molar-refractivity contribution is -0.122. The van der Waals surface area contributed by atoms with Gasteiger partial charge in [0.2, 0.25) is 5.91 Å². The number of carbonyl (C=O) groups excluding carboxylic acids is 1. The van der Waals surface area contributed by atoms with E-state index in [9.17, 15) is 9.90 Å². The Morgan fingerprint density at radius 2 is 2.17 bits per heavy atom. The minimum atomic E-state index is -0.410. The van der Waals surface area contributed by atoms with Crippen LogP contribution in [0.15, 0.2) is 0 Å². The van der Waals surface area contributed by atoms with Crippen molar-refractivity contribution >= 4 is 5.91 Å². The number of rotatable bonds is 4. The SMILES string of the molecule is CC(C)C(O)CNC(=O)C1CC1. The fourth-order valence-electron chi connectivity index (χ4n) is 0.931. The van der Waals surface area contributed by atoms with Gasteiger partial charge in [0.05, 0.1) is 6.10 Å². The van der Waals surface area contributed by atoms with Crippen molar-refractivity contribution in [3.05, 3.63) is 0 Å². The molecule has 0 aromatic rings. The van der Waals surface area contributed by atoms with Gasteiger partial charge >= 0.3 is 0 Å². The summed E-state index contributed by atoms with van der Waals surface area (Å²) in [6.45, 7) is 4.27. The predicted octanol–water partition coefficient (Wildman–Crippen LogP) is 0.529. The molecule has 0 spiro atoms. The Morgan fingerprint density at radius 1 is 1.58 bits per heavy atom. The van der Waals surface area contributed by atoms with E-state index in [0.717, 1.165) is 12.8 Å². The van der Waals surface area contributed by atoms with Crippen LogP contribution in [0, 0.1) is 11.8 Å². The van der Waals surface area contributed by atoms with Crippen LogP contribution in [0.5, 0.6) is 0 Å². The highest BCUT2D eigenvalue weighted by atomic mass is 16.3. The molecule has 0 saturated heterocycles. The Bertz CT molecular complexity index is 164. The Hall–Kier alpha value is -0.570. The third kappa shape index (κ3) is 2.81. The molecule has 1 rings (SSSR count). The van der Waals surface area contributed by atoms with E-state index in [0.29, 0.717) is 6.54 Å². The van der Waals surface area contributed by atoms with Gasteiger partial charge in [-0.25, -0.2) is 0 Å². The quantitative estimate of drug-likeness (QED) is 0.648. The van der Waals surface area contributed by atoms with Crippen LogP contribution in [-0.4, -0.2) is 23.7 Å². The Balaban J connectivity index is 2.11. The average molecular weight is 171 g/mol. The molecule has 0 aliphatic heterocycles. The topological polar surface area (TPSA) is 49.3 Å². The summed E-state index contributed by atoms with van der Waals surface area (Å²) in [6, 6.07) is 0. The van der Waals surface area contributed by atoms with Crippen LogP contribution in [0.3, 0.4) is 0 Å². The monoisotopic (exact) mass is 171 g/mol. The van der Waals surface area contributed by atoms with Gasteiger partial charge in [-0.15, -0.1) is 0 Å². The maximum absolute atomic E-state index is 11.1. The van der Waals surface area contributed by atoms with Crippen molar-refractivity contribution in [1.29, 1.82) is 0 Å². The maximum atomic E-state index is 11.1. The highest BCUT2D eigenvalue weighted by Crippen LogP contribution is 2.28. The standard InChI is InChI=1S/C9H17NO2/c1-6(2)8(11)5-10-9(12)7-3-4-7/h6-8,11H,3-5H2,1-2H3,(H,10,12). The highest BCUT2D eigenvalue weighted by molar-refractivity contribution is 5.80. The van der Waals surface area contributed by atoms with Crippen molar-refractivity contribution < 1.29 is 9.90 Å². The van der Waals surface area contributed by atoms with Crippen molar-refractivity contribution in [2.45, 2.75) is 32.8 Å². The van der Waals surface area contributed by atoms with E-state index in [1.54, 1.807) is 0 Å². The Kier molecular flexibility index (Phi) is 3.09. The zero-order chi connectivity index (χ0) is 9.14. The molecule has 12 heavy (non-hydrogen) atoms. The van der Waals surface area contributed by atoms with E-state index in [2.05, 4.69) is 5.32 Å². The molecule has 2 N–H and O–H groups in total. The van der Waals surface area contributed by atoms with Crippen LogP contribution in [0.1, 0.15) is 26.7 Å². The van der Waals surface area contributed by atoms with Gasteiger partial charge in [-0.1, -0.05) is 13.8 Å². The summed E-state index contributed by atoms with van der Waals surface area (Å²) in [7, 11) is 0. The van der Waals surface area contributed by atoms with Gasteiger partial charge in [0.25, 0.3) is 0 Å². The van der Waals surface area contributed by atoms with Gasteiger partial charge in [0, 0.05) is 12.5 Å². The summed E-state index contributed by atoms with van der Waals surface area (Å²) in [5.41, 5.74) is 0. The van der Waals surface area contributed by atoms with Crippen molar-refractivity contribution in [3.63, 3.8) is 0 Å². The summed E-state index contributed by atoms with van der Waals surface area (Å²) < 4.78 is 0. The third-order valence-corrected chi connectivity index (χ3v) is 2.20. The molecule has 0 radical (unpaired) electrons. The molecular weight excluding hydrogens is 154 g/mol. The first kappa shape index (κ1) is 9.52. The molecule has 0 aromatic heterocycles. The highest BCUT2D eigenvalue weighted by Gasteiger charge is 2.29. The zero-order valence-corrected chi connectivity index (χ0v) is 7.71. The molecule has 1 atom stereocenters. The summed E-state index contributed by atoms with van der Waals surface area (Å²) in [5, 5.41) is 12.1. The molecule has 3 nitrogen and oxygen atoms in total. The van der Waals surface area contributed by atoms with E-state index in [1.165, 1.54) is 0 Å². The lowest BCUT2D eigenvalue weighted by atomic mass is 10.1. The number of hydrogen-bond donors (Lipinski definition) is 2. The number of aliphatic hydroxyl groups excluding tert-OH is 1. The smallest absolute Gasteiger partial charge is 0.223 e. The lowest BCUT2D eigenvalue weighted by Gasteiger charge is -2.14. The van der Waals surface area contributed by atoms with E-state index in [-0.39, 0.29) is 17.7 Å². The molecule has 1 saturated carbocycles. The van der Waals surface area contributed by atoms with E-state index >= 15 is 0 Å². The molecular formula is C9H17NO2. The van der Waals surface area contributed by atoms with Gasteiger partial charge in [-0.2, -0.15) is 0 Å². The first-order valence-electron chi connectivity index (χ1n) is 4.57. The molecule has 1 unspecified atom stereocenters. The van der Waals surface area contributed by atoms with Crippen molar-refractivity contribution in [2.75, 3.05) is 6.54 Å². The van der Waals surface area contributed by atoms with E-state index in [4.69, 9.17) is 0 Å². The number of carbonyl (C=O) groups is 1. The summed E-state index contributed by atoms with van der Waals surface area (Å²) in [6.07, 6.45) is 1.63. The van der Waals surface area contributed by atoms with Gasteiger partial charge in [-0.3, -0.25) is 4.79 Å². The molecule has 1 aliphatic rings. The first-order valence-corrected chi connectivity index (χ1v) is 4.57. The summed E-state index contributed by atoms with van der Waals surface area (Å²) >= 11 is 0. The second-order valence-corrected chi connectivity index (χ2v) is 3.83. The molecule has 0 aromatic carbocycles. The van der Waals surface area contributed by atoms with Gasteiger partial charge < -0.3 is 10.4 Å².